The van der Waals surface area contributed by atoms with Crippen LogP contribution in [0.5, 0.6) is 0 Å². The number of nitrogens with one attached hydrogen (secondary N) is 3. The van der Waals surface area contributed by atoms with Crippen LogP contribution >= 0.6 is 0 Å². The van der Waals surface area contributed by atoms with E-state index in [1.54, 1.807) is 0 Å². The van der Waals surface area contributed by atoms with Crippen molar-refractivity contribution in [3.8, 4) is 0 Å². The van der Waals surface area contributed by atoms with Crippen molar-refractivity contribution in [1.82, 2.24) is 10.6 Å². The van der Waals surface area contributed by atoms with Crippen LogP contribution in [0.2, 0.25) is 0 Å². The van der Waals surface area contributed by atoms with Crippen LogP contribution in [-0.2, 0) is 20.9 Å². The summed E-state index contributed by atoms with van der Waals surface area (Å²) >= 11 is 0. The van der Waals surface area contributed by atoms with Gasteiger partial charge in [0.25, 0.3) is 5.91 Å². The van der Waals surface area contributed by atoms with Crippen molar-refractivity contribution in [3.05, 3.63) is 29.8 Å². The molecule has 6 nitrogen and oxygen atoms in total. The average molecular weight is 319 g/mol. The SMILES string of the molecule is CNCC(C)C(=O)NCc1cccc(NC(=O)C2CCCO2)c1. The minimum Gasteiger partial charge on any atom is -0.368 e. The maximum Gasteiger partial charge on any atom is 0.253 e. The van der Waals surface area contributed by atoms with E-state index in [9.17, 15) is 9.59 Å². The molecule has 2 unspecified atom stereocenters. The first-order valence-corrected chi connectivity index (χ1v) is 8.04. The van der Waals surface area contributed by atoms with E-state index in [0.717, 1.165) is 24.1 Å². The third kappa shape index (κ3) is 5.33. The van der Waals surface area contributed by atoms with Gasteiger partial charge in [-0.3, -0.25) is 9.59 Å². The molecule has 1 saturated heterocycles. The highest BCUT2D eigenvalue weighted by molar-refractivity contribution is 5.94. The van der Waals surface area contributed by atoms with Crippen LogP contribution in [0.4, 0.5) is 5.69 Å². The van der Waals surface area contributed by atoms with E-state index >= 15 is 0 Å². The van der Waals surface area contributed by atoms with Gasteiger partial charge < -0.3 is 20.7 Å². The van der Waals surface area contributed by atoms with Gasteiger partial charge in [-0.15, -0.1) is 0 Å². The van der Waals surface area contributed by atoms with Crippen molar-refractivity contribution < 1.29 is 14.3 Å². The van der Waals surface area contributed by atoms with Crippen LogP contribution in [0.15, 0.2) is 24.3 Å². The molecule has 6 heteroatoms. The number of amides is 2. The van der Waals surface area contributed by atoms with E-state index in [4.69, 9.17) is 4.74 Å². The summed E-state index contributed by atoms with van der Waals surface area (Å²) in [5, 5.41) is 8.75. The Balaban J connectivity index is 1.86. The minimum absolute atomic E-state index is 0.00754. The Morgan fingerprint density at radius 2 is 2.22 bits per heavy atom. The van der Waals surface area contributed by atoms with Crippen molar-refractivity contribution in [1.29, 1.82) is 0 Å². The maximum atomic E-state index is 12.0. The molecule has 23 heavy (non-hydrogen) atoms. The van der Waals surface area contributed by atoms with E-state index in [1.165, 1.54) is 0 Å². The highest BCUT2D eigenvalue weighted by Crippen LogP contribution is 2.16. The Morgan fingerprint density at radius 3 is 2.91 bits per heavy atom. The van der Waals surface area contributed by atoms with Crippen molar-refractivity contribution in [3.63, 3.8) is 0 Å². The highest BCUT2D eigenvalue weighted by Gasteiger charge is 2.23. The fraction of sp³-hybridized carbons (Fsp3) is 0.529. The molecule has 1 aliphatic rings. The van der Waals surface area contributed by atoms with Gasteiger partial charge in [-0.2, -0.15) is 0 Å². The van der Waals surface area contributed by atoms with Crippen molar-refractivity contribution >= 4 is 17.5 Å². The Bertz CT molecular complexity index is 542. The molecular formula is C17H25N3O3. The molecule has 0 bridgehead atoms. The Labute approximate surface area is 137 Å². The zero-order valence-corrected chi connectivity index (χ0v) is 13.7. The molecule has 1 aromatic carbocycles. The summed E-state index contributed by atoms with van der Waals surface area (Å²) < 4.78 is 5.37. The van der Waals surface area contributed by atoms with Crippen LogP contribution in [0.3, 0.4) is 0 Å². The molecule has 0 saturated carbocycles. The molecule has 2 atom stereocenters. The number of carbonyl (C=O) groups excluding carboxylic acids is 2. The fourth-order valence-corrected chi connectivity index (χ4v) is 2.53. The van der Waals surface area contributed by atoms with E-state index in [2.05, 4.69) is 16.0 Å². The number of anilines is 1. The summed E-state index contributed by atoms with van der Waals surface area (Å²) in [4.78, 5) is 23.9. The predicted molar refractivity (Wildman–Crippen MR) is 89.0 cm³/mol. The monoisotopic (exact) mass is 319 g/mol. The summed E-state index contributed by atoms with van der Waals surface area (Å²) in [6.07, 6.45) is 1.35. The van der Waals surface area contributed by atoms with Crippen molar-refractivity contribution in [2.24, 2.45) is 5.92 Å². The van der Waals surface area contributed by atoms with Gasteiger partial charge in [0.1, 0.15) is 6.10 Å². The molecule has 1 aromatic rings. The predicted octanol–water partition coefficient (Wildman–Crippen LogP) is 1.28. The van der Waals surface area contributed by atoms with Gasteiger partial charge in [0.15, 0.2) is 0 Å². The first-order chi connectivity index (χ1) is 11.1. The number of rotatable bonds is 7. The number of ether oxygens (including phenoxy) is 1. The molecule has 0 aliphatic carbocycles. The molecular weight excluding hydrogens is 294 g/mol. The highest BCUT2D eigenvalue weighted by atomic mass is 16.5. The van der Waals surface area contributed by atoms with Crippen LogP contribution in [-0.4, -0.2) is 38.1 Å². The van der Waals surface area contributed by atoms with Crippen LogP contribution in [0.1, 0.15) is 25.3 Å². The quantitative estimate of drug-likeness (QED) is 0.707. The largest absolute Gasteiger partial charge is 0.368 e. The van der Waals surface area contributed by atoms with Gasteiger partial charge in [-0.1, -0.05) is 19.1 Å². The molecule has 2 rings (SSSR count). The summed E-state index contributed by atoms with van der Waals surface area (Å²) in [6.45, 7) is 3.61. The molecule has 1 heterocycles. The molecule has 0 radical (unpaired) electrons. The first kappa shape index (κ1) is 17.4. The van der Waals surface area contributed by atoms with Crippen LogP contribution < -0.4 is 16.0 Å². The second-order valence-corrected chi connectivity index (χ2v) is 5.87. The Morgan fingerprint density at radius 1 is 1.39 bits per heavy atom. The van der Waals surface area contributed by atoms with E-state index < -0.39 is 0 Å². The molecule has 0 spiro atoms. The third-order valence-electron chi connectivity index (χ3n) is 3.84. The van der Waals surface area contributed by atoms with Gasteiger partial charge in [0.2, 0.25) is 5.91 Å². The van der Waals surface area contributed by atoms with Gasteiger partial charge in [-0.25, -0.2) is 0 Å². The van der Waals surface area contributed by atoms with Crippen molar-refractivity contribution in [2.45, 2.75) is 32.4 Å². The molecule has 1 fully saturated rings. The van der Waals surface area contributed by atoms with Crippen LogP contribution in [0.25, 0.3) is 0 Å². The lowest BCUT2D eigenvalue weighted by atomic mass is 10.1. The summed E-state index contributed by atoms with van der Waals surface area (Å²) in [5.41, 5.74) is 1.67. The average Bonchev–Trinajstić information content (AvgIpc) is 3.08. The Hall–Kier alpha value is -1.92. The zero-order chi connectivity index (χ0) is 16.7. The van der Waals surface area contributed by atoms with Gasteiger partial charge >= 0.3 is 0 Å². The first-order valence-electron chi connectivity index (χ1n) is 8.04. The Kier molecular flexibility index (Phi) is 6.55. The summed E-state index contributed by atoms with van der Waals surface area (Å²) in [5.74, 6) is -0.179. The molecule has 1 aliphatic heterocycles. The third-order valence-corrected chi connectivity index (χ3v) is 3.84. The minimum atomic E-state index is -0.347. The van der Waals surface area contributed by atoms with Gasteiger partial charge in [0, 0.05) is 31.3 Å². The number of carbonyl (C=O) groups is 2. The van der Waals surface area contributed by atoms with Gasteiger partial charge in [0.05, 0.1) is 0 Å². The topological polar surface area (TPSA) is 79.5 Å². The molecule has 2 amide bonds. The number of hydrogen-bond donors (Lipinski definition) is 3. The summed E-state index contributed by atoms with van der Waals surface area (Å²) in [7, 11) is 1.82. The lowest BCUT2D eigenvalue weighted by molar-refractivity contribution is -0.125. The van der Waals surface area contributed by atoms with Gasteiger partial charge in [-0.05, 0) is 37.6 Å². The normalized spacial score (nSPS) is 18.4. The lowest BCUT2D eigenvalue weighted by Gasteiger charge is -2.13. The number of hydrogen-bond acceptors (Lipinski definition) is 4. The fourth-order valence-electron chi connectivity index (χ4n) is 2.53. The summed E-state index contributed by atoms with van der Waals surface area (Å²) in [6, 6.07) is 7.49. The molecule has 3 N–H and O–H groups in total. The second kappa shape index (κ2) is 8.64. The van der Waals surface area contributed by atoms with Crippen LogP contribution in [0, 0.1) is 5.92 Å². The van der Waals surface area contributed by atoms with E-state index in [1.807, 2.05) is 38.2 Å². The lowest BCUT2D eigenvalue weighted by Crippen LogP contribution is -2.33. The van der Waals surface area contributed by atoms with Crippen molar-refractivity contribution in [2.75, 3.05) is 25.5 Å². The maximum absolute atomic E-state index is 12.0. The van der Waals surface area contributed by atoms with E-state index in [-0.39, 0.29) is 23.8 Å². The second-order valence-electron chi connectivity index (χ2n) is 5.87. The zero-order valence-electron chi connectivity index (χ0n) is 13.7. The number of benzene rings is 1. The standard InChI is InChI=1S/C17H25N3O3/c1-12(10-18-2)16(21)19-11-13-5-3-6-14(9-13)20-17(22)15-7-4-8-23-15/h3,5-6,9,12,15,18H,4,7-8,10-11H2,1-2H3,(H,19,21)(H,20,22). The molecule has 0 aromatic heterocycles. The molecule has 126 valence electrons. The van der Waals surface area contributed by atoms with E-state index in [0.29, 0.717) is 19.7 Å². The smallest absolute Gasteiger partial charge is 0.253 e.